The van der Waals surface area contributed by atoms with Gasteiger partial charge in [0.1, 0.15) is 6.54 Å². The van der Waals surface area contributed by atoms with Crippen LogP contribution in [0.25, 0.3) is 0 Å². The Morgan fingerprint density at radius 2 is 1.86 bits per heavy atom. The molecule has 0 aromatic carbocycles. The molecule has 0 aliphatic heterocycles. The second-order valence-electron chi connectivity index (χ2n) is 2.79. The summed E-state index contributed by atoms with van der Waals surface area (Å²) in [7, 11) is 1.26. The van der Waals surface area contributed by atoms with Crippen LogP contribution in [0, 0.1) is 0 Å². The summed E-state index contributed by atoms with van der Waals surface area (Å²) >= 11 is 0. The van der Waals surface area contributed by atoms with Gasteiger partial charge in [0.25, 0.3) is 0 Å². The van der Waals surface area contributed by atoms with E-state index in [0.29, 0.717) is 5.69 Å². The van der Waals surface area contributed by atoms with E-state index in [0.717, 1.165) is 4.90 Å². The summed E-state index contributed by atoms with van der Waals surface area (Å²) in [6, 6.07) is 0. The van der Waals surface area contributed by atoms with Crippen LogP contribution in [-0.2, 0) is 0 Å². The monoisotopic (exact) mass is 206 g/mol. The first-order valence-corrected chi connectivity index (χ1v) is 3.74. The third-order valence-corrected chi connectivity index (χ3v) is 1.42. The molecule has 0 bridgehead atoms. The number of nitrogen functional groups attached to an aromatic ring is 1. The topological polar surface area (TPSA) is 55.0 Å². The Morgan fingerprint density at radius 1 is 1.36 bits per heavy atom. The fourth-order valence-electron chi connectivity index (χ4n) is 0.868. The van der Waals surface area contributed by atoms with E-state index in [1.54, 1.807) is 0 Å². The first-order chi connectivity index (χ1) is 6.38. The van der Waals surface area contributed by atoms with Crippen LogP contribution in [0.15, 0.2) is 12.4 Å². The summed E-state index contributed by atoms with van der Waals surface area (Å²) in [6.07, 6.45) is -1.75. The highest BCUT2D eigenvalue weighted by Crippen LogP contribution is 2.18. The van der Waals surface area contributed by atoms with Crippen molar-refractivity contribution in [2.24, 2.45) is 0 Å². The van der Waals surface area contributed by atoms with Gasteiger partial charge in [-0.15, -0.1) is 0 Å². The van der Waals surface area contributed by atoms with Gasteiger partial charge >= 0.3 is 6.18 Å². The van der Waals surface area contributed by atoms with E-state index in [9.17, 15) is 13.2 Å². The van der Waals surface area contributed by atoms with Gasteiger partial charge in [0, 0.05) is 7.05 Å². The maximum absolute atomic E-state index is 11.9. The molecule has 0 fully saturated rings. The average molecular weight is 206 g/mol. The molecule has 0 atom stereocenters. The predicted octanol–water partition coefficient (Wildman–Crippen LogP) is 1.06. The second kappa shape index (κ2) is 3.69. The largest absolute Gasteiger partial charge is 0.406 e. The van der Waals surface area contributed by atoms with Crippen LogP contribution in [-0.4, -0.2) is 29.7 Å². The summed E-state index contributed by atoms with van der Waals surface area (Å²) in [5.41, 5.74) is 5.60. The molecule has 0 aliphatic carbocycles. The van der Waals surface area contributed by atoms with E-state index in [2.05, 4.69) is 9.97 Å². The van der Waals surface area contributed by atoms with Gasteiger partial charge in [-0.1, -0.05) is 0 Å². The molecule has 0 spiro atoms. The van der Waals surface area contributed by atoms with Gasteiger partial charge in [-0.25, -0.2) is 9.97 Å². The molecule has 1 aromatic rings. The summed E-state index contributed by atoms with van der Waals surface area (Å²) in [5.74, 6) is -0.00322. The number of anilines is 2. The third-order valence-electron chi connectivity index (χ3n) is 1.42. The molecule has 0 aliphatic rings. The maximum atomic E-state index is 11.9. The van der Waals surface area contributed by atoms with Gasteiger partial charge in [0.15, 0.2) is 0 Å². The molecule has 2 N–H and O–H groups in total. The van der Waals surface area contributed by atoms with Gasteiger partial charge in [-0.05, 0) is 0 Å². The third kappa shape index (κ3) is 3.08. The number of hydrogen-bond acceptors (Lipinski definition) is 4. The first-order valence-electron chi connectivity index (χ1n) is 3.74. The SMILES string of the molecule is CN(CC(F)(F)F)c1ncc(N)cn1. The van der Waals surface area contributed by atoms with Crippen molar-refractivity contribution >= 4 is 11.6 Å². The molecule has 7 heteroatoms. The van der Waals surface area contributed by atoms with E-state index >= 15 is 0 Å². The Balaban J connectivity index is 2.70. The molecule has 0 unspecified atom stereocenters. The minimum absolute atomic E-state index is 0.00322. The fraction of sp³-hybridized carbons (Fsp3) is 0.429. The summed E-state index contributed by atoms with van der Waals surface area (Å²) in [4.78, 5) is 8.21. The molecule has 1 heterocycles. The standard InChI is InChI=1S/C7H9F3N4/c1-14(4-7(8,9)10)6-12-2-5(11)3-13-6/h2-3H,4,11H2,1H3. The van der Waals surface area contributed by atoms with Crippen molar-refractivity contribution < 1.29 is 13.2 Å². The first kappa shape index (κ1) is 10.6. The molecular weight excluding hydrogens is 197 g/mol. The van der Waals surface area contributed by atoms with Crippen LogP contribution >= 0.6 is 0 Å². The normalized spacial score (nSPS) is 11.4. The van der Waals surface area contributed by atoms with Gasteiger partial charge < -0.3 is 10.6 Å². The molecule has 1 aromatic heterocycles. The minimum Gasteiger partial charge on any atom is -0.396 e. The van der Waals surface area contributed by atoms with Crippen LogP contribution in [0.3, 0.4) is 0 Å². The number of halogens is 3. The quantitative estimate of drug-likeness (QED) is 0.786. The van der Waals surface area contributed by atoms with Gasteiger partial charge in [-0.3, -0.25) is 0 Å². The van der Waals surface area contributed by atoms with E-state index in [1.165, 1.54) is 19.4 Å². The van der Waals surface area contributed by atoms with Crippen LogP contribution in [0.4, 0.5) is 24.8 Å². The summed E-state index contributed by atoms with van der Waals surface area (Å²) < 4.78 is 35.8. The van der Waals surface area contributed by atoms with Crippen LogP contribution < -0.4 is 10.6 Å². The summed E-state index contributed by atoms with van der Waals surface area (Å²) in [6.45, 7) is -1.09. The highest BCUT2D eigenvalue weighted by molar-refractivity contribution is 5.37. The number of nitrogens with two attached hydrogens (primary N) is 1. The highest BCUT2D eigenvalue weighted by atomic mass is 19.4. The van der Waals surface area contributed by atoms with Gasteiger partial charge in [0.2, 0.25) is 5.95 Å². The highest BCUT2D eigenvalue weighted by Gasteiger charge is 2.30. The van der Waals surface area contributed by atoms with Crippen molar-refractivity contribution in [1.29, 1.82) is 0 Å². The number of alkyl halides is 3. The van der Waals surface area contributed by atoms with E-state index < -0.39 is 12.7 Å². The van der Waals surface area contributed by atoms with E-state index in [1.807, 2.05) is 0 Å². The van der Waals surface area contributed by atoms with Crippen molar-refractivity contribution in [2.75, 3.05) is 24.2 Å². The van der Waals surface area contributed by atoms with Crippen molar-refractivity contribution in [3.63, 3.8) is 0 Å². The molecule has 4 nitrogen and oxygen atoms in total. The van der Waals surface area contributed by atoms with Crippen molar-refractivity contribution in [1.82, 2.24) is 9.97 Å². The number of rotatable bonds is 2. The zero-order valence-electron chi connectivity index (χ0n) is 7.41. The lowest BCUT2D eigenvalue weighted by atomic mass is 10.5. The predicted molar refractivity (Wildman–Crippen MR) is 45.8 cm³/mol. The van der Waals surface area contributed by atoms with Gasteiger partial charge in [0.05, 0.1) is 18.1 Å². The Morgan fingerprint density at radius 3 is 2.29 bits per heavy atom. The van der Waals surface area contributed by atoms with E-state index in [-0.39, 0.29) is 5.95 Å². The Bertz CT molecular complexity index is 295. The molecule has 0 saturated heterocycles. The van der Waals surface area contributed by atoms with Crippen LogP contribution in [0.1, 0.15) is 0 Å². The fourth-order valence-corrected chi connectivity index (χ4v) is 0.868. The lowest BCUT2D eigenvalue weighted by Crippen LogP contribution is -2.32. The van der Waals surface area contributed by atoms with E-state index in [4.69, 9.17) is 5.73 Å². The van der Waals surface area contributed by atoms with Crippen LogP contribution in [0.2, 0.25) is 0 Å². The number of nitrogens with zero attached hydrogens (tertiary/aromatic N) is 3. The molecule has 0 saturated carbocycles. The average Bonchev–Trinajstić information content (AvgIpc) is 2.02. The lowest BCUT2D eigenvalue weighted by molar-refractivity contribution is -0.119. The molecule has 0 amide bonds. The number of hydrogen-bond donors (Lipinski definition) is 1. The Labute approximate surface area is 78.6 Å². The van der Waals surface area contributed by atoms with Crippen LogP contribution in [0.5, 0.6) is 0 Å². The second-order valence-corrected chi connectivity index (χ2v) is 2.79. The molecule has 14 heavy (non-hydrogen) atoms. The minimum atomic E-state index is -4.26. The van der Waals surface area contributed by atoms with Crippen molar-refractivity contribution in [3.05, 3.63) is 12.4 Å². The molecule has 1 rings (SSSR count). The van der Waals surface area contributed by atoms with Crippen molar-refractivity contribution in [2.45, 2.75) is 6.18 Å². The number of aromatic nitrogens is 2. The maximum Gasteiger partial charge on any atom is 0.406 e. The molecule has 0 radical (unpaired) electrons. The smallest absolute Gasteiger partial charge is 0.396 e. The molecule has 78 valence electrons. The zero-order chi connectivity index (χ0) is 10.8. The van der Waals surface area contributed by atoms with Crippen molar-refractivity contribution in [3.8, 4) is 0 Å². The van der Waals surface area contributed by atoms with Gasteiger partial charge in [-0.2, -0.15) is 13.2 Å². The molecular formula is C7H9F3N4. The zero-order valence-corrected chi connectivity index (χ0v) is 7.41. The summed E-state index contributed by atoms with van der Waals surface area (Å²) in [5, 5.41) is 0. The lowest BCUT2D eigenvalue weighted by Gasteiger charge is -2.18. The Hall–Kier alpha value is -1.53. The Kier molecular flexibility index (Phi) is 2.78.